The molecule has 8 nitrogen and oxygen atoms in total. The third kappa shape index (κ3) is 4.68. The van der Waals surface area contributed by atoms with Crippen molar-refractivity contribution in [3.63, 3.8) is 0 Å². The molecule has 2 fully saturated rings. The fraction of sp³-hybridized carbons (Fsp3) is 0.346. The number of ether oxygens (including phenoxy) is 1. The Kier molecular flexibility index (Phi) is 6.31. The van der Waals surface area contributed by atoms with Gasteiger partial charge in [0, 0.05) is 43.5 Å². The Morgan fingerprint density at radius 3 is 2.74 bits per heavy atom. The van der Waals surface area contributed by atoms with Crippen molar-refractivity contribution in [2.75, 3.05) is 13.7 Å². The molecule has 0 saturated carbocycles. The van der Waals surface area contributed by atoms with Crippen molar-refractivity contribution in [2.45, 2.75) is 44.1 Å². The Balaban J connectivity index is 1.22. The van der Waals surface area contributed by atoms with Crippen molar-refractivity contribution in [3.8, 4) is 5.75 Å². The molecular weight excluding hydrogens is 430 g/mol. The first-order valence-electron chi connectivity index (χ1n) is 11.6. The molecule has 2 aromatic carbocycles. The molecule has 0 bridgehead atoms. The monoisotopic (exact) mass is 459 g/mol. The Labute approximate surface area is 198 Å². The molecule has 0 unspecified atom stereocenters. The number of rotatable bonds is 8. The number of carbonyl (C=O) groups excluding carboxylic acids is 2. The summed E-state index contributed by atoms with van der Waals surface area (Å²) in [5.74, 6) is 0.767. The summed E-state index contributed by atoms with van der Waals surface area (Å²) in [5.41, 5.74) is 3.21. The van der Waals surface area contributed by atoms with Crippen molar-refractivity contribution in [1.82, 2.24) is 25.3 Å². The average molecular weight is 460 g/mol. The summed E-state index contributed by atoms with van der Waals surface area (Å²) < 4.78 is 7.38. The quantitative estimate of drug-likeness (QED) is 0.536. The molecular formula is C26H29N5O3. The topological polar surface area (TPSA) is 88.5 Å². The summed E-state index contributed by atoms with van der Waals surface area (Å²) in [6, 6.07) is 17.0. The van der Waals surface area contributed by atoms with E-state index in [-0.39, 0.29) is 17.9 Å². The van der Waals surface area contributed by atoms with Crippen LogP contribution < -0.4 is 15.4 Å². The second kappa shape index (κ2) is 9.69. The molecule has 5 rings (SSSR count). The lowest BCUT2D eigenvalue weighted by Crippen LogP contribution is -2.61. The third-order valence-corrected chi connectivity index (χ3v) is 6.62. The Bertz CT molecular complexity index is 1150. The van der Waals surface area contributed by atoms with E-state index in [1.54, 1.807) is 18.2 Å². The van der Waals surface area contributed by atoms with E-state index in [0.29, 0.717) is 32.5 Å². The molecule has 2 aliphatic rings. The molecule has 8 heteroatoms. The summed E-state index contributed by atoms with van der Waals surface area (Å²) in [5, 5.41) is 10.8. The normalized spacial score (nSPS) is 21.9. The van der Waals surface area contributed by atoms with Gasteiger partial charge in [0.05, 0.1) is 13.7 Å². The minimum Gasteiger partial charge on any atom is -0.496 e. The van der Waals surface area contributed by atoms with E-state index in [4.69, 9.17) is 4.74 Å². The van der Waals surface area contributed by atoms with Gasteiger partial charge in [-0.3, -0.25) is 14.3 Å². The van der Waals surface area contributed by atoms with Crippen molar-refractivity contribution in [3.05, 3.63) is 83.7 Å². The van der Waals surface area contributed by atoms with E-state index in [2.05, 4.69) is 21.8 Å². The standard InChI is InChI=1S/C26H29N5O3/c1-34-24-9-8-19(12-20(24)16-30-11-5-10-28-30)15-27-21-14-23-25(32)29-22(26(33)31(23)17-21)13-18-6-3-2-4-7-18/h2-12,21-23,27H,13-17H2,1H3,(H,29,32)/t21-,22-,23-/m0/s1. The van der Waals surface area contributed by atoms with Crippen molar-refractivity contribution >= 4 is 11.8 Å². The van der Waals surface area contributed by atoms with Crippen LogP contribution >= 0.6 is 0 Å². The first-order valence-corrected chi connectivity index (χ1v) is 11.6. The zero-order valence-electron chi connectivity index (χ0n) is 19.2. The number of nitrogens with zero attached hydrogens (tertiary/aromatic N) is 3. The first kappa shape index (κ1) is 22.2. The van der Waals surface area contributed by atoms with E-state index in [1.807, 2.05) is 59.4 Å². The van der Waals surface area contributed by atoms with Crippen LogP contribution in [0.25, 0.3) is 0 Å². The van der Waals surface area contributed by atoms with Gasteiger partial charge in [0.1, 0.15) is 17.8 Å². The Morgan fingerprint density at radius 2 is 1.97 bits per heavy atom. The SMILES string of the molecule is COc1ccc(CN[C@H]2C[C@H]3C(=O)N[C@@H](Cc4ccccc4)C(=O)N3C2)cc1Cn1cccn1. The zero-order chi connectivity index (χ0) is 23.5. The van der Waals surface area contributed by atoms with Crippen LogP contribution in [0.2, 0.25) is 0 Å². The number of benzene rings is 2. The summed E-state index contributed by atoms with van der Waals surface area (Å²) >= 11 is 0. The van der Waals surface area contributed by atoms with Gasteiger partial charge >= 0.3 is 0 Å². The van der Waals surface area contributed by atoms with Gasteiger partial charge in [-0.1, -0.05) is 36.4 Å². The number of piperazine rings is 1. The maximum atomic E-state index is 13.1. The fourth-order valence-electron chi connectivity index (χ4n) is 4.89. The Hall–Kier alpha value is -3.65. The van der Waals surface area contributed by atoms with E-state index in [0.717, 1.165) is 22.4 Å². The molecule has 0 radical (unpaired) electrons. The van der Waals surface area contributed by atoms with Gasteiger partial charge in [-0.2, -0.15) is 5.10 Å². The number of aromatic nitrogens is 2. The molecule has 34 heavy (non-hydrogen) atoms. The molecule has 3 aromatic rings. The van der Waals surface area contributed by atoms with Crippen LogP contribution in [0.4, 0.5) is 0 Å². The van der Waals surface area contributed by atoms with Gasteiger partial charge in [0.2, 0.25) is 11.8 Å². The molecule has 2 amide bonds. The average Bonchev–Trinajstić information content (AvgIpc) is 3.52. The van der Waals surface area contributed by atoms with Gasteiger partial charge in [-0.25, -0.2) is 0 Å². The van der Waals surface area contributed by atoms with Crippen LogP contribution in [0.3, 0.4) is 0 Å². The maximum absolute atomic E-state index is 13.1. The van der Waals surface area contributed by atoms with Crippen molar-refractivity contribution in [2.24, 2.45) is 0 Å². The summed E-state index contributed by atoms with van der Waals surface area (Å²) in [7, 11) is 1.67. The van der Waals surface area contributed by atoms with E-state index in [9.17, 15) is 9.59 Å². The molecule has 0 aliphatic carbocycles. The largest absolute Gasteiger partial charge is 0.496 e. The molecule has 0 spiro atoms. The Morgan fingerprint density at radius 1 is 1.12 bits per heavy atom. The highest BCUT2D eigenvalue weighted by molar-refractivity contribution is 5.97. The van der Waals surface area contributed by atoms with Crippen LogP contribution in [0.15, 0.2) is 67.0 Å². The van der Waals surface area contributed by atoms with Gasteiger partial charge in [0.15, 0.2) is 0 Å². The number of methoxy groups -OCH3 is 1. The van der Waals surface area contributed by atoms with Gasteiger partial charge in [-0.05, 0) is 35.7 Å². The van der Waals surface area contributed by atoms with Gasteiger partial charge < -0.3 is 20.3 Å². The smallest absolute Gasteiger partial charge is 0.246 e. The molecule has 2 aliphatic heterocycles. The van der Waals surface area contributed by atoms with E-state index < -0.39 is 12.1 Å². The number of hydrogen-bond donors (Lipinski definition) is 2. The summed E-state index contributed by atoms with van der Waals surface area (Å²) in [6.07, 6.45) is 4.81. The highest BCUT2D eigenvalue weighted by Crippen LogP contribution is 2.25. The van der Waals surface area contributed by atoms with Gasteiger partial charge in [0.25, 0.3) is 0 Å². The summed E-state index contributed by atoms with van der Waals surface area (Å²) in [4.78, 5) is 27.6. The van der Waals surface area contributed by atoms with Gasteiger partial charge in [-0.15, -0.1) is 0 Å². The van der Waals surface area contributed by atoms with Crippen LogP contribution in [0, 0.1) is 0 Å². The fourth-order valence-corrected chi connectivity index (χ4v) is 4.89. The van der Waals surface area contributed by atoms with Crippen LogP contribution in [0.5, 0.6) is 5.75 Å². The second-order valence-electron chi connectivity index (χ2n) is 8.92. The molecule has 3 heterocycles. The number of nitrogens with one attached hydrogen (secondary N) is 2. The zero-order valence-corrected chi connectivity index (χ0v) is 19.2. The molecule has 3 atom stereocenters. The number of amides is 2. The lowest BCUT2D eigenvalue weighted by atomic mass is 10.0. The van der Waals surface area contributed by atoms with Crippen LogP contribution in [-0.4, -0.2) is 58.3 Å². The first-order chi connectivity index (χ1) is 16.6. The van der Waals surface area contributed by atoms with Crippen molar-refractivity contribution in [1.29, 1.82) is 0 Å². The van der Waals surface area contributed by atoms with E-state index >= 15 is 0 Å². The lowest BCUT2D eigenvalue weighted by Gasteiger charge is -2.34. The van der Waals surface area contributed by atoms with E-state index in [1.165, 1.54) is 0 Å². The number of fused-ring (bicyclic) bond motifs is 1. The minimum absolute atomic E-state index is 0.00343. The number of hydrogen-bond acceptors (Lipinski definition) is 5. The lowest BCUT2D eigenvalue weighted by molar-refractivity contribution is -0.147. The molecule has 2 N–H and O–H groups in total. The molecule has 2 saturated heterocycles. The van der Waals surface area contributed by atoms with Crippen molar-refractivity contribution < 1.29 is 14.3 Å². The molecule has 176 valence electrons. The second-order valence-corrected chi connectivity index (χ2v) is 8.92. The van der Waals surface area contributed by atoms with Crippen LogP contribution in [0.1, 0.15) is 23.1 Å². The highest BCUT2D eigenvalue weighted by Gasteiger charge is 2.46. The van der Waals surface area contributed by atoms with Crippen LogP contribution in [-0.2, 0) is 29.1 Å². The third-order valence-electron chi connectivity index (χ3n) is 6.62. The predicted octanol–water partition coefficient (Wildman–Crippen LogP) is 1.74. The maximum Gasteiger partial charge on any atom is 0.246 e. The minimum atomic E-state index is -0.503. The summed E-state index contributed by atoms with van der Waals surface area (Å²) in [6.45, 7) is 1.81. The predicted molar refractivity (Wildman–Crippen MR) is 127 cm³/mol. The highest BCUT2D eigenvalue weighted by atomic mass is 16.5. The molecule has 1 aromatic heterocycles. The number of carbonyl (C=O) groups is 2.